The number of piperidine rings is 1. The number of amides is 1. The van der Waals surface area contributed by atoms with Crippen LogP contribution >= 0.6 is 11.8 Å². The largest absolute Gasteiger partial charge is 0.497 e. The number of methoxy groups -OCH3 is 1. The number of fused-ring (bicyclic) bond motifs is 4. The maximum absolute atomic E-state index is 13.1. The summed E-state index contributed by atoms with van der Waals surface area (Å²) in [5.74, 6) is 2.15. The molecule has 3 aromatic rings. The first-order valence-electron chi connectivity index (χ1n) is 10.9. The minimum absolute atomic E-state index is 0.238. The molecule has 0 spiro atoms. The third kappa shape index (κ3) is 3.43. The van der Waals surface area contributed by atoms with Crippen molar-refractivity contribution in [3.63, 3.8) is 0 Å². The van der Waals surface area contributed by atoms with E-state index in [0.717, 1.165) is 46.0 Å². The molecular weight excluding hydrogens is 396 g/mol. The lowest BCUT2D eigenvalue weighted by molar-refractivity contribution is -0.134. The van der Waals surface area contributed by atoms with Crippen molar-refractivity contribution in [3.8, 4) is 5.75 Å². The molecule has 2 atom stereocenters. The summed E-state index contributed by atoms with van der Waals surface area (Å²) in [5.41, 5.74) is 2.96. The Hall–Kier alpha value is -2.28. The van der Waals surface area contributed by atoms with E-state index in [1.165, 1.54) is 43.9 Å². The summed E-state index contributed by atoms with van der Waals surface area (Å²) in [5, 5.41) is 10.7. The zero-order chi connectivity index (χ0) is 20.7. The molecule has 3 heterocycles. The quantitative estimate of drug-likeness (QED) is 0.578. The van der Waals surface area contributed by atoms with E-state index in [1.54, 1.807) is 7.11 Å². The smallest absolute Gasteiger partial charge is 0.233 e. The summed E-state index contributed by atoms with van der Waals surface area (Å²) in [6.45, 7) is 2.98. The third-order valence-electron chi connectivity index (χ3n) is 6.76. The Morgan fingerprint density at radius 1 is 1.17 bits per heavy atom. The molecule has 1 amide bonds. The Kier molecular flexibility index (Phi) is 5.31. The number of ether oxygens (including phenoxy) is 1. The molecule has 2 aromatic heterocycles. The Balaban J connectivity index is 1.41. The van der Waals surface area contributed by atoms with Gasteiger partial charge in [-0.15, -0.1) is 10.2 Å². The van der Waals surface area contributed by atoms with Gasteiger partial charge in [0.15, 0.2) is 10.8 Å². The van der Waals surface area contributed by atoms with Gasteiger partial charge in [-0.25, -0.2) is 0 Å². The number of likely N-dealkylation sites (tertiary alicyclic amines) is 1. The molecule has 2 fully saturated rings. The zero-order valence-corrected chi connectivity index (χ0v) is 18.5. The van der Waals surface area contributed by atoms with Crippen LogP contribution in [0.3, 0.4) is 0 Å². The van der Waals surface area contributed by atoms with Gasteiger partial charge < -0.3 is 9.64 Å². The fourth-order valence-electron chi connectivity index (χ4n) is 5.27. The van der Waals surface area contributed by atoms with Crippen molar-refractivity contribution in [2.45, 2.75) is 56.6 Å². The Bertz CT molecular complexity index is 1090. The van der Waals surface area contributed by atoms with Gasteiger partial charge in [-0.3, -0.25) is 9.20 Å². The van der Waals surface area contributed by atoms with Gasteiger partial charge in [0.05, 0.1) is 18.4 Å². The number of hydrogen-bond donors (Lipinski definition) is 0. The molecular formula is C23H28N4O2S. The molecule has 2 aliphatic rings. The number of rotatable bonds is 4. The second-order valence-electron chi connectivity index (χ2n) is 8.52. The van der Waals surface area contributed by atoms with Crippen LogP contribution in [0.5, 0.6) is 5.75 Å². The second-order valence-corrected chi connectivity index (χ2v) is 9.46. The van der Waals surface area contributed by atoms with Crippen LogP contribution in [0.15, 0.2) is 29.4 Å². The van der Waals surface area contributed by atoms with Crippen molar-refractivity contribution < 1.29 is 9.53 Å². The summed E-state index contributed by atoms with van der Waals surface area (Å²) in [6.07, 6.45) is 7.43. The Morgan fingerprint density at radius 2 is 2.00 bits per heavy atom. The lowest BCUT2D eigenvalue weighted by Gasteiger charge is -2.44. The monoisotopic (exact) mass is 424 g/mol. The number of aryl methyl sites for hydroxylation is 1. The van der Waals surface area contributed by atoms with Gasteiger partial charge in [-0.1, -0.05) is 24.6 Å². The van der Waals surface area contributed by atoms with E-state index in [-0.39, 0.29) is 5.91 Å². The van der Waals surface area contributed by atoms with Crippen LogP contribution in [0.4, 0.5) is 0 Å². The summed E-state index contributed by atoms with van der Waals surface area (Å²) < 4.78 is 7.48. The molecule has 1 aliphatic carbocycles. The van der Waals surface area contributed by atoms with E-state index in [9.17, 15) is 4.79 Å². The Labute approximate surface area is 181 Å². The minimum Gasteiger partial charge on any atom is -0.497 e. The SMILES string of the molecule is COc1ccc2c(C)cc3nnc(SCC(=O)N4CCCC5CCCCC54)n3c2c1. The van der Waals surface area contributed by atoms with Crippen molar-refractivity contribution in [1.29, 1.82) is 0 Å². The number of pyridine rings is 1. The molecule has 30 heavy (non-hydrogen) atoms. The first-order chi connectivity index (χ1) is 14.7. The topological polar surface area (TPSA) is 59.7 Å². The molecule has 2 unspecified atom stereocenters. The van der Waals surface area contributed by atoms with Crippen LogP contribution in [0, 0.1) is 12.8 Å². The average Bonchev–Trinajstić information content (AvgIpc) is 3.19. The summed E-state index contributed by atoms with van der Waals surface area (Å²) in [4.78, 5) is 15.3. The van der Waals surface area contributed by atoms with Crippen molar-refractivity contribution in [1.82, 2.24) is 19.5 Å². The summed E-state index contributed by atoms with van der Waals surface area (Å²) >= 11 is 1.49. The predicted octanol–water partition coefficient (Wildman–Crippen LogP) is 4.47. The van der Waals surface area contributed by atoms with Crippen molar-refractivity contribution in [2.24, 2.45) is 5.92 Å². The number of carbonyl (C=O) groups excluding carboxylic acids is 1. The van der Waals surface area contributed by atoms with E-state index >= 15 is 0 Å². The third-order valence-corrected chi connectivity index (χ3v) is 7.68. The van der Waals surface area contributed by atoms with Gasteiger partial charge in [0, 0.05) is 24.0 Å². The number of benzene rings is 1. The van der Waals surface area contributed by atoms with Crippen LogP contribution < -0.4 is 4.74 Å². The standard InChI is InChI=1S/C23H28N4O2S/c1-15-12-21-24-25-23(27(21)20-13-17(29-2)9-10-18(15)20)30-14-22(28)26-11-5-7-16-6-3-4-8-19(16)26/h9-10,12-13,16,19H,3-8,11,14H2,1-2H3. The van der Waals surface area contributed by atoms with Gasteiger partial charge >= 0.3 is 0 Å². The first-order valence-corrected chi connectivity index (χ1v) is 11.9. The molecule has 1 aromatic carbocycles. The molecule has 1 aliphatic heterocycles. The molecule has 5 rings (SSSR count). The fourth-order valence-corrected chi connectivity index (χ4v) is 6.10. The van der Waals surface area contributed by atoms with E-state index in [0.29, 0.717) is 17.7 Å². The second kappa shape index (κ2) is 8.10. The first kappa shape index (κ1) is 19.7. The minimum atomic E-state index is 0.238. The van der Waals surface area contributed by atoms with Crippen LogP contribution in [0.25, 0.3) is 16.6 Å². The summed E-state index contributed by atoms with van der Waals surface area (Å²) in [7, 11) is 1.67. The predicted molar refractivity (Wildman–Crippen MR) is 119 cm³/mol. The highest BCUT2D eigenvalue weighted by molar-refractivity contribution is 7.99. The van der Waals surface area contributed by atoms with E-state index < -0.39 is 0 Å². The van der Waals surface area contributed by atoms with Crippen LogP contribution in [-0.2, 0) is 4.79 Å². The molecule has 158 valence electrons. The van der Waals surface area contributed by atoms with Crippen LogP contribution in [-0.4, -0.2) is 50.9 Å². The van der Waals surface area contributed by atoms with Gasteiger partial charge in [-0.05, 0) is 62.3 Å². The number of hydrogen-bond acceptors (Lipinski definition) is 5. The van der Waals surface area contributed by atoms with E-state index in [1.807, 2.05) is 22.6 Å². The average molecular weight is 425 g/mol. The summed E-state index contributed by atoms with van der Waals surface area (Å²) in [6, 6.07) is 8.55. The van der Waals surface area contributed by atoms with Gasteiger partial charge in [0.2, 0.25) is 5.91 Å². The number of thioether (sulfide) groups is 1. The van der Waals surface area contributed by atoms with Crippen molar-refractivity contribution in [3.05, 3.63) is 29.8 Å². The molecule has 1 saturated carbocycles. The highest BCUT2D eigenvalue weighted by atomic mass is 32.2. The molecule has 6 nitrogen and oxygen atoms in total. The van der Waals surface area contributed by atoms with Crippen LogP contribution in [0.1, 0.15) is 44.1 Å². The highest BCUT2D eigenvalue weighted by Gasteiger charge is 2.35. The molecule has 0 N–H and O–H groups in total. The van der Waals surface area contributed by atoms with Gasteiger partial charge in [0.25, 0.3) is 0 Å². The molecule has 1 saturated heterocycles. The maximum atomic E-state index is 13.1. The van der Waals surface area contributed by atoms with Crippen LogP contribution in [0.2, 0.25) is 0 Å². The number of nitrogens with zero attached hydrogens (tertiary/aromatic N) is 4. The normalized spacial score (nSPS) is 21.7. The number of aromatic nitrogens is 3. The highest BCUT2D eigenvalue weighted by Crippen LogP contribution is 2.36. The van der Waals surface area contributed by atoms with Crippen molar-refractivity contribution >= 4 is 34.2 Å². The fraction of sp³-hybridized carbons (Fsp3) is 0.522. The Morgan fingerprint density at radius 3 is 2.87 bits per heavy atom. The zero-order valence-electron chi connectivity index (χ0n) is 17.6. The van der Waals surface area contributed by atoms with E-state index in [2.05, 4.69) is 28.1 Å². The molecule has 7 heteroatoms. The van der Waals surface area contributed by atoms with Gasteiger partial charge in [-0.2, -0.15) is 0 Å². The lowest BCUT2D eigenvalue weighted by Crippen LogP contribution is -2.50. The maximum Gasteiger partial charge on any atom is 0.233 e. The number of carbonyl (C=O) groups is 1. The van der Waals surface area contributed by atoms with Gasteiger partial charge in [0.1, 0.15) is 5.75 Å². The molecule has 0 radical (unpaired) electrons. The van der Waals surface area contributed by atoms with Crippen molar-refractivity contribution in [2.75, 3.05) is 19.4 Å². The lowest BCUT2D eigenvalue weighted by atomic mass is 9.78. The van der Waals surface area contributed by atoms with E-state index in [4.69, 9.17) is 4.74 Å². The molecule has 0 bridgehead atoms.